The van der Waals surface area contributed by atoms with Gasteiger partial charge in [-0.1, -0.05) is 0 Å². The van der Waals surface area contributed by atoms with Crippen LogP contribution in [-0.2, 0) is 14.3 Å². The van der Waals surface area contributed by atoms with Crippen LogP contribution in [0.4, 0.5) is 0 Å². The molecule has 2 rings (SSSR count). The van der Waals surface area contributed by atoms with Crippen LogP contribution in [0.2, 0.25) is 0 Å². The van der Waals surface area contributed by atoms with Crippen molar-refractivity contribution in [2.75, 3.05) is 19.7 Å². The van der Waals surface area contributed by atoms with E-state index >= 15 is 0 Å². The number of hydrogen-bond donors (Lipinski definition) is 0. The third kappa shape index (κ3) is 4.66. The number of nitrogens with zero attached hydrogens (tertiary/aromatic N) is 1. The number of ketones is 1. The predicted octanol–water partition coefficient (Wildman–Crippen LogP) is 3.13. The summed E-state index contributed by atoms with van der Waals surface area (Å²) in [6, 6.07) is 1.90. The molecule has 0 bridgehead atoms. The zero-order chi connectivity index (χ0) is 17.7. The molecule has 0 spiro atoms. The first-order valence-electron chi connectivity index (χ1n) is 8.47. The van der Waals surface area contributed by atoms with Crippen LogP contribution in [0.15, 0.2) is 6.07 Å². The van der Waals surface area contributed by atoms with Crippen LogP contribution in [0.1, 0.15) is 52.7 Å². The van der Waals surface area contributed by atoms with Crippen molar-refractivity contribution in [2.24, 2.45) is 5.92 Å². The number of esters is 1. The minimum absolute atomic E-state index is 0.00439. The summed E-state index contributed by atoms with van der Waals surface area (Å²) in [5.74, 6) is -0.239. The second-order valence-electron chi connectivity index (χ2n) is 6.16. The predicted molar refractivity (Wildman–Crippen MR) is 93.3 cm³/mol. The van der Waals surface area contributed by atoms with Gasteiger partial charge in [-0.2, -0.15) is 0 Å². The lowest BCUT2D eigenvalue weighted by atomic mass is 9.96. The van der Waals surface area contributed by atoms with Crippen molar-refractivity contribution < 1.29 is 19.1 Å². The molecular weight excluding hydrogens is 326 g/mol. The molecule has 5 nitrogen and oxygen atoms in total. The molecule has 1 aromatic rings. The van der Waals surface area contributed by atoms with Gasteiger partial charge in [0.25, 0.3) is 0 Å². The van der Waals surface area contributed by atoms with Gasteiger partial charge in [-0.15, -0.1) is 11.3 Å². The molecule has 0 aliphatic carbocycles. The lowest BCUT2D eigenvalue weighted by Gasteiger charge is -2.30. The fraction of sp³-hybridized carbons (Fsp3) is 0.611. The maximum atomic E-state index is 12.3. The Bertz CT molecular complexity index is 615. The van der Waals surface area contributed by atoms with Gasteiger partial charge in [0.1, 0.15) is 0 Å². The topological polar surface area (TPSA) is 63.7 Å². The minimum Gasteiger partial charge on any atom is -0.466 e. The van der Waals surface area contributed by atoms with Crippen LogP contribution in [0.25, 0.3) is 0 Å². The summed E-state index contributed by atoms with van der Waals surface area (Å²) in [5.41, 5.74) is 0.742. The van der Waals surface area contributed by atoms with Crippen LogP contribution in [-0.4, -0.2) is 42.3 Å². The van der Waals surface area contributed by atoms with Crippen LogP contribution in [0.5, 0.6) is 0 Å². The third-order valence-corrected chi connectivity index (χ3v) is 5.34. The number of piperidine rings is 1. The number of carbonyl (C=O) groups is 3. The van der Waals surface area contributed by atoms with Crippen LogP contribution < -0.4 is 0 Å². The highest BCUT2D eigenvalue weighted by Crippen LogP contribution is 2.23. The van der Waals surface area contributed by atoms with E-state index in [0.717, 1.165) is 15.3 Å². The van der Waals surface area contributed by atoms with Gasteiger partial charge in [-0.05, 0) is 39.7 Å². The molecule has 1 aromatic heterocycles. The lowest BCUT2D eigenvalue weighted by Crippen LogP contribution is -2.40. The first-order chi connectivity index (χ1) is 11.4. The molecule has 1 saturated heterocycles. The van der Waals surface area contributed by atoms with Gasteiger partial charge in [0.15, 0.2) is 5.78 Å². The standard InChI is InChI=1S/C18H25NO4S/c1-4-23-18(22)14-7-9-19(10-8-14)17(21)6-5-16(20)15-11-12(2)24-13(15)3/h11,14H,4-10H2,1-3H3. The number of likely N-dealkylation sites (tertiary alicyclic amines) is 1. The molecule has 1 fully saturated rings. The van der Waals surface area contributed by atoms with Crippen molar-refractivity contribution in [3.05, 3.63) is 21.4 Å². The highest BCUT2D eigenvalue weighted by atomic mass is 32.1. The summed E-state index contributed by atoms with van der Waals surface area (Å²) < 4.78 is 5.03. The smallest absolute Gasteiger partial charge is 0.309 e. The Morgan fingerprint density at radius 3 is 2.42 bits per heavy atom. The van der Waals surface area contributed by atoms with E-state index in [1.54, 1.807) is 23.2 Å². The quantitative estimate of drug-likeness (QED) is 0.583. The number of rotatable bonds is 6. The number of carbonyl (C=O) groups excluding carboxylic acids is 3. The summed E-state index contributed by atoms with van der Waals surface area (Å²) in [4.78, 5) is 40.1. The maximum absolute atomic E-state index is 12.3. The molecular formula is C18H25NO4S. The van der Waals surface area contributed by atoms with Gasteiger partial charge in [0.2, 0.25) is 5.91 Å². The molecule has 0 saturated carbocycles. The van der Waals surface area contributed by atoms with Crippen molar-refractivity contribution in [2.45, 2.75) is 46.5 Å². The Morgan fingerprint density at radius 1 is 1.21 bits per heavy atom. The minimum atomic E-state index is -0.164. The molecule has 1 aliphatic rings. The van der Waals surface area contributed by atoms with Crippen molar-refractivity contribution in [3.63, 3.8) is 0 Å². The normalized spacial score (nSPS) is 15.4. The summed E-state index contributed by atoms with van der Waals surface area (Å²) >= 11 is 1.61. The van der Waals surface area contributed by atoms with Gasteiger partial charge >= 0.3 is 5.97 Å². The van der Waals surface area contributed by atoms with Gasteiger partial charge in [-0.25, -0.2) is 0 Å². The Kier molecular flexibility index (Phi) is 6.54. The van der Waals surface area contributed by atoms with E-state index in [0.29, 0.717) is 32.5 Å². The van der Waals surface area contributed by atoms with E-state index in [1.165, 1.54) is 0 Å². The Balaban J connectivity index is 1.79. The van der Waals surface area contributed by atoms with Gasteiger partial charge in [0.05, 0.1) is 12.5 Å². The summed E-state index contributed by atoms with van der Waals surface area (Å²) in [6.07, 6.45) is 1.76. The number of thiophene rings is 1. The van der Waals surface area contributed by atoms with E-state index in [2.05, 4.69) is 0 Å². The Hall–Kier alpha value is -1.69. The molecule has 0 unspecified atom stereocenters. The van der Waals surface area contributed by atoms with Crippen molar-refractivity contribution >= 4 is 29.0 Å². The fourth-order valence-electron chi connectivity index (χ4n) is 3.05. The molecule has 0 atom stereocenters. The highest BCUT2D eigenvalue weighted by molar-refractivity contribution is 7.12. The monoisotopic (exact) mass is 351 g/mol. The molecule has 0 aromatic carbocycles. The Morgan fingerprint density at radius 2 is 1.88 bits per heavy atom. The number of Topliss-reactive ketones (excluding diaryl/α,β-unsaturated/α-hetero) is 1. The Labute approximate surface area is 147 Å². The summed E-state index contributed by atoms with van der Waals surface area (Å²) in [5, 5.41) is 0. The van der Waals surface area contributed by atoms with Crippen molar-refractivity contribution in [1.29, 1.82) is 0 Å². The second kappa shape index (κ2) is 8.42. The van der Waals surface area contributed by atoms with Crippen LogP contribution >= 0.6 is 11.3 Å². The van der Waals surface area contributed by atoms with Crippen LogP contribution in [0, 0.1) is 19.8 Å². The zero-order valence-corrected chi connectivity index (χ0v) is 15.4. The molecule has 0 radical (unpaired) electrons. The molecule has 132 valence electrons. The van der Waals surface area contributed by atoms with Crippen molar-refractivity contribution in [3.8, 4) is 0 Å². The fourth-order valence-corrected chi connectivity index (χ4v) is 3.99. The van der Waals surface area contributed by atoms with E-state index < -0.39 is 0 Å². The molecule has 0 N–H and O–H groups in total. The first-order valence-corrected chi connectivity index (χ1v) is 9.28. The summed E-state index contributed by atoms with van der Waals surface area (Å²) in [7, 11) is 0. The molecule has 1 amide bonds. The SMILES string of the molecule is CCOC(=O)C1CCN(C(=O)CCC(=O)c2cc(C)sc2C)CC1. The molecule has 1 aliphatic heterocycles. The molecule has 24 heavy (non-hydrogen) atoms. The van der Waals surface area contributed by atoms with E-state index in [9.17, 15) is 14.4 Å². The van der Waals surface area contributed by atoms with Gasteiger partial charge in [-0.3, -0.25) is 14.4 Å². The molecule has 2 heterocycles. The van der Waals surface area contributed by atoms with Gasteiger partial charge < -0.3 is 9.64 Å². The number of hydrogen-bond acceptors (Lipinski definition) is 5. The largest absolute Gasteiger partial charge is 0.466 e. The van der Waals surface area contributed by atoms with E-state index in [-0.39, 0.29) is 36.4 Å². The van der Waals surface area contributed by atoms with E-state index in [1.807, 2.05) is 19.9 Å². The zero-order valence-electron chi connectivity index (χ0n) is 14.6. The maximum Gasteiger partial charge on any atom is 0.309 e. The average Bonchev–Trinajstić information content (AvgIpc) is 2.91. The molecule has 6 heteroatoms. The lowest BCUT2D eigenvalue weighted by molar-refractivity contribution is -0.151. The number of ether oxygens (including phenoxy) is 1. The van der Waals surface area contributed by atoms with Crippen molar-refractivity contribution in [1.82, 2.24) is 4.90 Å². The first kappa shape index (κ1) is 18.6. The van der Waals surface area contributed by atoms with E-state index in [4.69, 9.17) is 4.74 Å². The number of amides is 1. The average molecular weight is 351 g/mol. The summed E-state index contributed by atoms with van der Waals surface area (Å²) in [6.45, 7) is 7.23. The second-order valence-corrected chi connectivity index (χ2v) is 7.62. The highest BCUT2D eigenvalue weighted by Gasteiger charge is 2.28. The van der Waals surface area contributed by atoms with Crippen LogP contribution in [0.3, 0.4) is 0 Å². The number of aryl methyl sites for hydroxylation is 2. The third-order valence-electron chi connectivity index (χ3n) is 4.37. The van der Waals surface area contributed by atoms with Gasteiger partial charge in [0, 0.05) is 41.2 Å².